The second-order valence-corrected chi connectivity index (χ2v) is 6.00. The number of aromatic amines is 1. The number of hydrogen-bond acceptors (Lipinski definition) is 5. The molecule has 0 radical (unpaired) electrons. The SMILES string of the molecule is CCC(Oc1cccc2c1CCc1sc(=O)[nH]c1-2)C(=O)[O-]. The van der Waals surface area contributed by atoms with Gasteiger partial charge in [-0.25, -0.2) is 0 Å². The highest BCUT2D eigenvalue weighted by atomic mass is 32.1. The average Bonchev–Trinajstić information content (AvgIpc) is 2.85. The molecule has 1 aliphatic rings. The minimum atomic E-state index is -1.21. The van der Waals surface area contributed by atoms with Gasteiger partial charge in [-0.1, -0.05) is 30.4 Å². The number of carbonyl (C=O) groups excluding carboxylic acids is 1. The van der Waals surface area contributed by atoms with E-state index in [4.69, 9.17) is 4.74 Å². The number of carboxylic acids is 1. The van der Waals surface area contributed by atoms with Gasteiger partial charge in [0.15, 0.2) is 0 Å². The predicted octanol–water partition coefficient (Wildman–Crippen LogP) is 1.11. The molecule has 1 N–H and O–H groups in total. The summed E-state index contributed by atoms with van der Waals surface area (Å²) in [7, 11) is 0. The summed E-state index contributed by atoms with van der Waals surface area (Å²) in [6.07, 6.45) is 0.871. The standard InChI is InChI=1S/C15H15NO4S/c1-2-10(14(17)18)20-11-5-3-4-9-8(11)6-7-12-13(9)16-15(19)21-12/h3-5,10H,2,6-7H2,1H3,(H,16,19)(H,17,18)/p-1. The number of H-pyrrole nitrogens is 1. The van der Waals surface area contributed by atoms with Crippen LogP contribution in [0.3, 0.4) is 0 Å². The first-order valence-electron chi connectivity index (χ1n) is 6.82. The quantitative estimate of drug-likeness (QED) is 0.917. The van der Waals surface area contributed by atoms with Crippen molar-refractivity contribution in [2.45, 2.75) is 32.3 Å². The Balaban J connectivity index is 2.03. The monoisotopic (exact) mass is 304 g/mol. The number of carboxylic acid groups (broad SMARTS) is 1. The number of aromatic nitrogens is 1. The van der Waals surface area contributed by atoms with Crippen LogP contribution in [-0.2, 0) is 17.6 Å². The van der Waals surface area contributed by atoms with Gasteiger partial charge in [0.1, 0.15) is 11.9 Å². The van der Waals surface area contributed by atoms with E-state index in [1.54, 1.807) is 19.1 Å². The molecule has 6 heteroatoms. The first-order chi connectivity index (χ1) is 10.1. The van der Waals surface area contributed by atoms with Crippen LogP contribution in [0.2, 0.25) is 0 Å². The molecule has 3 rings (SSSR count). The lowest BCUT2D eigenvalue weighted by Crippen LogP contribution is -2.39. The van der Waals surface area contributed by atoms with Gasteiger partial charge in [-0.2, -0.15) is 0 Å². The van der Waals surface area contributed by atoms with Crippen molar-refractivity contribution in [3.8, 4) is 17.0 Å². The zero-order valence-electron chi connectivity index (χ0n) is 11.5. The Bertz CT molecular complexity index is 746. The van der Waals surface area contributed by atoms with E-state index in [1.807, 2.05) is 6.07 Å². The summed E-state index contributed by atoms with van der Waals surface area (Å²) in [6.45, 7) is 1.74. The van der Waals surface area contributed by atoms with E-state index in [2.05, 4.69) is 4.98 Å². The van der Waals surface area contributed by atoms with Gasteiger partial charge < -0.3 is 19.6 Å². The molecule has 21 heavy (non-hydrogen) atoms. The van der Waals surface area contributed by atoms with Crippen LogP contribution in [-0.4, -0.2) is 17.1 Å². The maximum Gasteiger partial charge on any atom is 0.305 e. The Morgan fingerprint density at radius 1 is 1.48 bits per heavy atom. The third kappa shape index (κ3) is 2.47. The first kappa shape index (κ1) is 13.9. The lowest BCUT2D eigenvalue weighted by Gasteiger charge is -2.23. The number of fused-ring (bicyclic) bond motifs is 3. The molecule has 0 bridgehead atoms. The van der Waals surface area contributed by atoms with E-state index in [-0.39, 0.29) is 4.87 Å². The number of hydrogen-bond donors (Lipinski definition) is 1. The normalized spacial score (nSPS) is 14.1. The van der Waals surface area contributed by atoms with Gasteiger partial charge in [0.2, 0.25) is 0 Å². The van der Waals surface area contributed by atoms with Gasteiger partial charge in [0.05, 0.1) is 11.7 Å². The number of thiazole rings is 1. The number of nitrogens with one attached hydrogen (secondary N) is 1. The second kappa shape index (κ2) is 5.37. The molecule has 0 saturated carbocycles. The molecule has 0 aliphatic heterocycles. The van der Waals surface area contributed by atoms with Crippen molar-refractivity contribution < 1.29 is 14.6 Å². The molecular formula is C15H14NO4S-. The van der Waals surface area contributed by atoms with Gasteiger partial charge in [0.25, 0.3) is 0 Å². The fraction of sp³-hybridized carbons (Fsp3) is 0.333. The number of rotatable bonds is 4. The summed E-state index contributed by atoms with van der Waals surface area (Å²) >= 11 is 1.23. The molecule has 1 heterocycles. The van der Waals surface area contributed by atoms with Crippen LogP contribution in [0.15, 0.2) is 23.0 Å². The molecule has 0 spiro atoms. The highest BCUT2D eigenvalue weighted by molar-refractivity contribution is 7.09. The highest BCUT2D eigenvalue weighted by Gasteiger charge is 2.23. The molecule has 5 nitrogen and oxygen atoms in total. The molecule has 0 saturated heterocycles. The van der Waals surface area contributed by atoms with E-state index in [0.717, 1.165) is 34.5 Å². The summed E-state index contributed by atoms with van der Waals surface area (Å²) in [6, 6.07) is 5.49. The minimum Gasteiger partial charge on any atom is -0.546 e. The molecule has 2 aromatic rings. The number of ether oxygens (including phenoxy) is 1. The van der Waals surface area contributed by atoms with Crippen LogP contribution in [0.25, 0.3) is 11.3 Å². The summed E-state index contributed by atoms with van der Waals surface area (Å²) in [4.78, 5) is 26.4. The fourth-order valence-electron chi connectivity index (χ4n) is 2.61. The van der Waals surface area contributed by atoms with Gasteiger partial charge in [-0.05, 0) is 25.3 Å². The smallest absolute Gasteiger partial charge is 0.305 e. The molecule has 1 aromatic heterocycles. The molecule has 1 aliphatic carbocycles. The van der Waals surface area contributed by atoms with Crippen LogP contribution < -0.4 is 14.7 Å². The average molecular weight is 304 g/mol. The Labute approximate surface area is 125 Å². The number of carbonyl (C=O) groups is 1. The molecule has 1 atom stereocenters. The molecule has 110 valence electrons. The zero-order chi connectivity index (χ0) is 15.0. The van der Waals surface area contributed by atoms with Crippen molar-refractivity contribution in [3.05, 3.63) is 38.3 Å². The summed E-state index contributed by atoms with van der Waals surface area (Å²) in [5.74, 6) is -0.656. The lowest BCUT2D eigenvalue weighted by molar-refractivity contribution is -0.313. The molecule has 1 aromatic carbocycles. The van der Waals surface area contributed by atoms with Gasteiger partial charge in [-0.15, -0.1) is 0 Å². The number of aryl methyl sites for hydroxylation is 1. The van der Waals surface area contributed by atoms with Crippen LogP contribution in [0, 0.1) is 0 Å². The van der Waals surface area contributed by atoms with Crippen molar-refractivity contribution in [2.75, 3.05) is 0 Å². The summed E-state index contributed by atoms with van der Waals surface area (Å²) in [5.41, 5.74) is 2.69. The van der Waals surface area contributed by atoms with E-state index < -0.39 is 12.1 Å². The van der Waals surface area contributed by atoms with Crippen molar-refractivity contribution in [3.63, 3.8) is 0 Å². The van der Waals surface area contributed by atoms with Gasteiger partial charge >= 0.3 is 4.87 Å². The van der Waals surface area contributed by atoms with Crippen molar-refractivity contribution in [1.82, 2.24) is 4.98 Å². The van der Waals surface area contributed by atoms with E-state index in [9.17, 15) is 14.7 Å². The van der Waals surface area contributed by atoms with Crippen LogP contribution in [0.5, 0.6) is 5.75 Å². The zero-order valence-corrected chi connectivity index (χ0v) is 12.3. The molecule has 0 fully saturated rings. The third-order valence-electron chi connectivity index (χ3n) is 3.63. The molecule has 1 unspecified atom stereocenters. The highest BCUT2D eigenvalue weighted by Crippen LogP contribution is 2.38. The summed E-state index contributed by atoms with van der Waals surface area (Å²) in [5, 5.41) is 11.0. The van der Waals surface area contributed by atoms with Crippen LogP contribution in [0.1, 0.15) is 23.8 Å². The Hall–Kier alpha value is -2.08. The number of benzene rings is 1. The van der Waals surface area contributed by atoms with Crippen molar-refractivity contribution >= 4 is 17.3 Å². The third-order valence-corrected chi connectivity index (χ3v) is 4.57. The van der Waals surface area contributed by atoms with Crippen LogP contribution >= 0.6 is 11.3 Å². The van der Waals surface area contributed by atoms with Crippen molar-refractivity contribution in [2.24, 2.45) is 0 Å². The van der Waals surface area contributed by atoms with E-state index in [0.29, 0.717) is 12.2 Å². The second-order valence-electron chi connectivity index (χ2n) is 4.93. The largest absolute Gasteiger partial charge is 0.546 e. The lowest BCUT2D eigenvalue weighted by atomic mass is 9.92. The maximum absolute atomic E-state index is 11.5. The topological polar surface area (TPSA) is 82.2 Å². The Kier molecular flexibility index (Phi) is 3.55. The molecular weight excluding hydrogens is 290 g/mol. The predicted molar refractivity (Wildman–Crippen MR) is 77.5 cm³/mol. The minimum absolute atomic E-state index is 0.0691. The van der Waals surface area contributed by atoms with Crippen LogP contribution in [0.4, 0.5) is 0 Å². The Morgan fingerprint density at radius 2 is 2.29 bits per heavy atom. The van der Waals surface area contributed by atoms with Gasteiger partial charge in [-0.3, -0.25) is 4.79 Å². The number of aliphatic carboxylic acids is 1. The van der Waals surface area contributed by atoms with E-state index in [1.165, 1.54) is 11.3 Å². The van der Waals surface area contributed by atoms with Crippen molar-refractivity contribution in [1.29, 1.82) is 0 Å². The first-order valence-corrected chi connectivity index (χ1v) is 7.63. The fourth-order valence-corrected chi connectivity index (χ4v) is 3.46. The van der Waals surface area contributed by atoms with Gasteiger partial charge in [0, 0.05) is 16.0 Å². The van der Waals surface area contributed by atoms with E-state index >= 15 is 0 Å². The molecule has 0 amide bonds. The summed E-state index contributed by atoms with van der Waals surface area (Å²) < 4.78 is 5.59. The maximum atomic E-state index is 11.5. The Morgan fingerprint density at radius 3 is 3.00 bits per heavy atom.